The Bertz CT molecular complexity index is 815. The molecule has 6 nitrogen and oxygen atoms in total. The Morgan fingerprint density at radius 3 is 2.37 bits per heavy atom. The van der Waals surface area contributed by atoms with Crippen molar-refractivity contribution in [3.63, 3.8) is 0 Å². The van der Waals surface area contributed by atoms with Gasteiger partial charge in [-0.05, 0) is 25.2 Å². The number of rotatable bonds is 8. The minimum Gasteiger partial charge on any atom is -0.493 e. The van der Waals surface area contributed by atoms with Crippen LogP contribution in [0.15, 0.2) is 30.3 Å². The molecule has 2 aromatic rings. The molecule has 0 spiro atoms. The quantitative estimate of drug-likeness (QED) is 0.763. The monoisotopic (exact) mass is 380 g/mol. The zero-order chi connectivity index (χ0) is 20.0. The van der Waals surface area contributed by atoms with Crippen LogP contribution in [-0.4, -0.2) is 45.7 Å². The summed E-state index contributed by atoms with van der Waals surface area (Å²) < 4.78 is 42.8. The topological polar surface area (TPSA) is 60.0 Å². The molecule has 0 saturated carbocycles. The summed E-state index contributed by atoms with van der Waals surface area (Å²) in [6.07, 6.45) is 0. The number of anilines is 1. The highest BCUT2D eigenvalue weighted by Crippen LogP contribution is 2.40. The predicted octanol–water partition coefficient (Wildman–Crippen LogP) is 3.06. The minimum absolute atomic E-state index is 0.0343. The third-order valence-electron chi connectivity index (χ3n) is 3.84. The van der Waals surface area contributed by atoms with Gasteiger partial charge in [-0.25, -0.2) is 8.78 Å². The number of halogens is 2. The standard InChI is InChI=1S/C19H22F2N2O4/c1-23(11-17(24)22-15-9-13(20)6-7-14(15)21)10-12-5-8-16(25-2)19(27-4)18(12)26-3/h5-9H,10-11H2,1-4H3,(H,22,24). The van der Waals surface area contributed by atoms with E-state index < -0.39 is 17.5 Å². The van der Waals surface area contributed by atoms with E-state index in [2.05, 4.69) is 5.32 Å². The van der Waals surface area contributed by atoms with E-state index >= 15 is 0 Å². The van der Waals surface area contributed by atoms with Crippen molar-refractivity contribution < 1.29 is 27.8 Å². The zero-order valence-electron chi connectivity index (χ0n) is 15.6. The van der Waals surface area contributed by atoms with Crippen molar-refractivity contribution in [2.75, 3.05) is 40.2 Å². The Labute approximate surface area is 156 Å². The molecule has 146 valence electrons. The smallest absolute Gasteiger partial charge is 0.238 e. The van der Waals surface area contributed by atoms with Crippen LogP contribution in [0, 0.1) is 11.6 Å². The van der Waals surface area contributed by atoms with Crippen LogP contribution in [0.25, 0.3) is 0 Å². The van der Waals surface area contributed by atoms with Crippen LogP contribution >= 0.6 is 0 Å². The van der Waals surface area contributed by atoms with E-state index in [1.807, 2.05) is 0 Å². The lowest BCUT2D eigenvalue weighted by molar-refractivity contribution is -0.117. The zero-order valence-corrected chi connectivity index (χ0v) is 15.6. The van der Waals surface area contributed by atoms with E-state index in [1.165, 1.54) is 21.3 Å². The van der Waals surface area contributed by atoms with Crippen molar-refractivity contribution in [3.8, 4) is 17.2 Å². The maximum Gasteiger partial charge on any atom is 0.238 e. The summed E-state index contributed by atoms with van der Waals surface area (Å²) in [6.45, 7) is 0.329. The molecule has 8 heteroatoms. The highest BCUT2D eigenvalue weighted by molar-refractivity contribution is 5.92. The number of nitrogens with zero attached hydrogens (tertiary/aromatic N) is 1. The van der Waals surface area contributed by atoms with Crippen molar-refractivity contribution in [3.05, 3.63) is 47.5 Å². The number of hydrogen-bond acceptors (Lipinski definition) is 5. The van der Waals surface area contributed by atoms with Gasteiger partial charge in [0, 0.05) is 18.2 Å². The molecule has 0 radical (unpaired) electrons. The Morgan fingerprint density at radius 1 is 1.04 bits per heavy atom. The molecule has 0 atom stereocenters. The molecule has 1 amide bonds. The average molecular weight is 380 g/mol. The first-order valence-corrected chi connectivity index (χ1v) is 8.10. The average Bonchev–Trinajstić information content (AvgIpc) is 2.63. The van der Waals surface area contributed by atoms with Gasteiger partial charge in [-0.3, -0.25) is 9.69 Å². The number of benzene rings is 2. The van der Waals surface area contributed by atoms with Crippen LogP contribution in [0.1, 0.15) is 5.56 Å². The number of nitrogens with one attached hydrogen (secondary N) is 1. The molecule has 0 aliphatic rings. The van der Waals surface area contributed by atoms with Crippen LogP contribution in [0.3, 0.4) is 0 Å². The van der Waals surface area contributed by atoms with Crippen LogP contribution in [0.4, 0.5) is 14.5 Å². The normalized spacial score (nSPS) is 10.6. The molecular weight excluding hydrogens is 358 g/mol. The van der Waals surface area contributed by atoms with Gasteiger partial charge in [0.1, 0.15) is 11.6 Å². The lowest BCUT2D eigenvalue weighted by Gasteiger charge is -2.20. The third kappa shape index (κ3) is 5.07. The van der Waals surface area contributed by atoms with Gasteiger partial charge in [0.15, 0.2) is 11.5 Å². The predicted molar refractivity (Wildman–Crippen MR) is 97.4 cm³/mol. The van der Waals surface area contributed by atoms with Crippen molar-refractivity contribution in [1.29, 1.82) is 0 Å². The van der Waals surface area contributed by atoms with Crippen LogP contribution in [0.2, 0.25) is 0 Å². The third-order valence-corrected chi connectivity index (χ3v) is 3.84. The van der Waals surface area contributed by atoms with Crippen molar-refractivity contribution in [2.24, 2.45) is 0 Å². The number of likely N-dealkylation sites (N-methyl/N-ethyl adjacent to an activating group) is 1. The fraction of sp³-hybridized carbons (Fsp3) is 0.316. The Kier molecular flexibility index (Phi) is 6.95. The SMILES string of the molecule is COc1ccc(CN(C)CC(=O)Nc2cc(F)ccc2F)c(OC)c1OC. The molecule has 2 aromatic carbocycles. The number of amides is 1. The van der Waals surface area contributed by atoms with E-state index in [9.17, 15) is 13.6 Å². The molecule has 0 saturated heterocycles. The van der Waals surface area contributed by atoms with Crippen LogP contribution in [-0.2, 0) is 11.3 Å². The second-order valence-electron chi connectivity index (χ2n) is 5.84. The van der Waals surface area contributed by atoms with Crippen molar-refractivity contribution >= 4 is 11.6 Å². The van der Waals surface area contributed by atoms with E-state index in [-0.39, 0.29) is 12.2 Å². The molecule has 0 unspecified atom stereocenters. The van der Waals surface area contributed by atoms with Crippen molar-refractivity contribution in [1.82, 2.24) is 4.90 Å². The lowest BCUT2D eigenvalue weighted by atomic mass is 10.1. The van der Waals surface area contributed by atoms with Gasteiger partial charge in [-0.1, -0.05) is 6.07 Å². The molecule has 0 heterocycles. The van der Waals surface area contributed by atoms with Crippen LogP contribution in [0.5, 0.6) is 17.2 Å². The number of methoxy groups -OCH3 is 3. The second kappa shape index (κ2) is 9.18. The molecule has 27 heavy (non-hydrogen) atoms. The molecule has 0 fully saturated rings. The lowest BCUT2D eigenvalue weighted by Crippen LogP contribution is -2.30. The van der Waals surface area contributed by atoms with Gasteiger partial charge in [0.05, 0.1) is 33.6 Å². The van der Waals surface area contributed by atoms with E-state index in [4.69, 9.17) is 14.2 Å². The number of hydrogen-bond donors (Lipinski definition) is 1. The number of ether oxygens (including phenoxy) is 3. The maximum absolute atomic E-state index is 13.6. The minimum atomic E-state index is -0.700. The first-order valence-electron chi connectivity index (χ1n) is 8.10. The summed E-state index contributed by atoms with van der Waals surface area (Å²) in [5.74, 6) is -0.317. The van der Waals surface area contributed by atoms with Gasteiger partial charge in [0.25, 0.3) is 0 Å². The molecule has 0 aromatic heterocycles. The fourth-order valence-electron chi connectivity index (χ4n) is 2.66. The highest BCUT2D eigenvalue weighted by Gasteiger charge is 2.18. The molecule has 0 bridgehead atoms. The molecular formula is C19H22F2N2O4. The highest BCUT2D eigenvalue weighted by atomic mass is 19.1. The second-order valence-corrected chi connectivity index (χ2v) is 5.84. The van der Waals surface area contributed by atoms with Crippen molar-refractivity contribution in [2.45, 2.75) is 6.54 Å². The molecule has 1 N–H and O–H groups in total. The van der Waals surface area contributed by atoms with Gasteiger partial charge in [-0.2, -0.15) is 0 Å². The van der Waals surface area contributed by atoms with Gasteiger partial charge >= 0.3 is 0 Å². The number of carbonyl (C=O) groups is 1. The maximum atomic E-state index is 13.6. The fourth-order valence-corrected chi connectivity index (χ4v) is 2.66. The summed E-state index contributed by atoms with van der Waals surface area (Å²) in [5, 5.41) is 2.37. The first kappa shape index (κ1) is 20.4. The first-order chi connectivity index (χ1) is 12.9. The Balaban J connectivity index is 2.08. The van der Waals surface area contributed by atoms with E-state index in [0.717, 1.165) is 23.8 Å². The van der Waals surface area contributed by atoms with Gasteiger partial charge < -0.3 is 19.5 Å². The summed E-state index contributed by atoms with van der Waals surface area (Å²) in [7, 11) is 6.27. The van der Waals surface area contributed by atoms with E-state index in [1.54, 1.807) is 24.1 Å². The molecule has 0 aliphatic carbocycles. The Hall–Kier alpha value is -2.87. The van der Waals surface area contributed by atoms with Gasteiger partial charge in [0.2, 0.25) is 11.7 Å². The summed E-state index contributed by atoms with van der Waals surface area (Å²) in [5.41, 5.74) is 0.583. The summed E-state index contributed by atoms with van der Waals surface area (Å²) in [4.78, 5) is 13.8. The largest absolute Gasteiger partial charge is 0.493 e. The number of carbonyl (C=O) groups excluding carboxylic acids is 1. The summed E-state index contributed by atoms with van der Waals surface area (Å²) in [6, 6.07) is 6.43. The molecule has 2 rings (SSSR count). The Morgan fingerprint density at radius 2 is 1.74 bits per heavy atom. The summed E-state index contributed by atoms with van der Waals surface area (Å²) >= 11 is 0. The molecule has 0 aliphatic heterocycles. The van der Waals surface area contributed by atoms with Gasteiger partial charge in [-0.15, -0.1) is 0 Å². The van der Waals surface area contributed by atoms with Crippen LogP contribution < -0.4 is 19.5 Å². The van der Waals surface area contributed by atoms with E-state index in [0.29, 0.717) is 23.8 Å².